The van der Waals surface area contributed by atoms with Crippen molar-refractivity contribution in [3.63, 3.8) is 0 Å². The van der Waals surface area contributed by atoms with Crippen LogP contribution >= 0.6 is 0 Å². The van der Waals surface area contributed by atoms with Crippen molar-refractivity contribution in [1.29, 1.82) is 0 Å². The minimum atomic E-state index is 0.0891. The molecule has 1 N–H and O–H groups in total. The van der Waals surface area contributed by atoms with Gasteiger partial charge in [0, 0.05) is 26.3 Å². The van der Waals surface area contributed by atoms with Crippen molar-refractivity contribution >= 4 is 11.7 Å². The minimum Gasteiger partial charge on any atom is -0.372 e. The summed E-state index contributed by atoms with van der Waals surface area (Å²) in [5.74, 6) is 2.02. The van der Waals surface area contributed by atoms with Crippen molar-refractivity contribution in [3.8, 4) is 0 Å². The summed E-state index contributed by atoms with van der Waals surface area (Å²) >= 11 is 0. The summed E-state index contributed by atoms with van der Waals surface area (Å²) in [4.78, 5) is 18.6. The molecule has 1 aromatic rings. The number of likely N-dealkylation sites (tertiary alicyclic amines) is 1. The number of pyridine rings is 1. The van der Waals surface area contributed by atoms with E-state index in [1.54, 1.807) is 13.2 Å². The molecule has 0 spiro atoms. The number of hydrogen-bond donors (Lipinski definition) is 1. The molecule has 2 rings (SSSR count). The zero-order chi connectivity index (χ0) is 13.1. The molecule has 0 bridgehead atoms. The highest BCUT2D eigenvalue weighted by Crippen LogP contribution is 2.24. The maximum Gasteiger partial charge on any atom is 0.257 e. The van der Waals surface area contributed by atoms with Gasteiger partial charge in [-0.3, -0.25) is 4.79 Å². The standard InChI is InChI=1S/C14H21N3O/c1-10-6-8-17(9-11(10)2)14(18)12-5-4-7-16-13(12)15-3/h4-5,7,10-11H,6,8-9H2,1-3H3,(H,15,16). The highest BCUT2D eigenvalue weighted by molar-refractivity contribution is 5.98. The summed E-state index contributed by atoms with van der Waals surface area (Å²) in [6, 6.07) is 3.65. The molecule has 98 valence electrons. The Morgan fingerprint density at radius 1 is 1.44 bits per heavy atom. The summed E-state index contributed by atoms with van der Waals surface area (Å²) < 4.78 is 0. The Balaban J connectivity index is 2.16. The van der Waals surface area contributed by atoms with E-state index in [1.165, 1.54) is 0 Å². The van der Waals surface area contributed by atoms with E-state index in [0.29, 0.717) is 23.2 Å². The number of nitrogens with one attached hydrogen (secondary N) is 1. The third-order valence-electron chi connectivity index (χ3n) is 3.90. The third kappa shape index (κ3) is 2.47. The van der Waals surface area contributed by atoms with Gasteiger partial charge in [-0.2, -0.15) is 0 Å². The van der Waals surface area contributed by atoms with E-state index in [9.17, 15) is 4.79 Å². The molecule has 4 heteroatoms. The van der Waals surface area contributed by atoms with E-state index in [4.69, 9.17) is 0 Å². The van der Waals surface area contributed by atoms with Crippen LogP contribution < -0.4 is 5.32 Å². The Labute approximate surface area is 108 Å². The predicted octanol–water partition coefficient (Wildman–Crippen LogP) is 2.24. The number of anilines is 1. The van der Waals surface area contributed by atoms with Crippen molar-refractivity contribution in [2.45, 2.75) is 20.3 Å². The topological polar surface area (TPSA) is 45.2 Å². The highest BCUT2D eigenvalue weighted by atomic mass is 16.2. The number of rotatable bonds is 2. The molecule has 0 aliphatic carbocycles. The molecule has 1 amide bonds. The Morgan fingerprint density at radius 3 is 2.89 bits per heavy atom. The van der Waals surface area contributed by atoms with Gasteiger partial charge in [0.1, 0.15) is 5.82 Å². The zero-order valence-corrected chi connectivity index (χ0v) is 11.3. The second-order valence-corrected chi connectivity index (χ2v) is 5.14. The molecular formula is C14H21N3O. The minimum absolute atomic E-state index is 0.0891. The summed E-state index contributed by atoms with van der Waals surface area (Å²) in [6.07, 6.45) is 2.78. The van der Waals surface area contributed by atoms with Gasteiger partial charge in [-0.05, 0) is 30.4 Å². The molecule has 0 radical (unpaired) electrons. The predicted molar refractivity (Wildman–Crippen MR) is 72.6 cm³/mol. The van der Waals surface area contributed by atoms with Crippen LogP contribution in [0.3, 0.4) is 0 Å². The Bertz CT molecular complexity index is 433. The van der Waals surface area contributed by atoms with Crippen LogP contribution in [0.4, 0.5) is 5.82 Å². The first-order valence-corrected chi connectivity index (χ1v) is 6.55. The highest BCUT2D eigenvalue weighted by Gasteiger charge is 2.27. The van der Waals surface area contributed by atoms with Gasteiger partial charge in [0.05, 0.1) is 5.56 Å². The average Bonchev–Trinajstić information content (AvgIpc) is 2.41. The van der Waals surface area contributed by atoms with Gasteiger partial charge in [0.25, 0.3) is 5.91 Å². The van der Waals surface area contributed by atoms with Gasteiger partial charge >= 0.3 is 0 Å². The number of piperidine rings is 1. The Morgan fingerprint density at radius 2 is 2.22 bits per heavy atom. The van der Waals surface area contributed by atoms with E-state index in [-0.39, 0.29) is 5.91 Å². The van der Waals surface area contributed by atoms with Crippen molar-refractivity contribution in [2.24, 2.45) is 11.8 Å². The maximum absolute atomic E-state index is 12.5. The monoisotopic (exact) mass is 247 g/mol. The molecule has 1 saturated heterocycles. The lowest BCUT2D eigenvalue weighted by Gasteiger charge is -2.35. The number of amides is 1. The van der Waals surface area contributed by atoms with Gasteiger partial charge in [-0.15, -0.1) is 0 Å². The number of carbonyl (C=O) groups excluding carboxylic acids is 1. The lowest BCUT2D eigenvalue weighted by molar-refractivity contribution is 0.0628. The summed E-state index contributed by atoms with van der Waals surface area (Å²) in [6.45, 7) is 6.17. The first-order valence-electron chi connectivity index (χ1n) is 6.55. The van der Waals surface area contributed by atoms with E-state index < -0.39 is 0 Å². The van der Waals surface area contributed by atoms with Gasteiger partial charge in [-0.1, -0.05) is 13.8 Å². The molecule has 1 aromatic heterocycles. The maximum atomic E-state index is 12.5. The number of carbonyl (C=O) groups is 1. The second-order valence-electron chi connectivity index (χ2n) is 5.14. The van der Waals surface area contributed by atoms with E-state index in [1.807, 2.05) is 17.0 Å². The van der Waals surface area contributed by atoms with Crippen LogP contribution in [0.25, 0.3) is 0 Å². The lowest BCUT2D eigenvalue weighted by Crippen LogP contribution is -2.42. The van der Waals surface area contributed by atoms with Crippen molar-refractivity contribution in [1.82, 2.24) is 9.88 Å². The first-order chi connectivity index (χ1) is 8.63. The van der Waals surface area contributed by atoms with Crippen molar-refractivity contribution < 1.29 is 4.79 Å². The molecule has 1 aliphatic heterocycles. The normalized spacial score (nSPS) is 23.8. The number of nitrogens with zero attached hydrogens (tertiary/aromatic N) is 2. The molecular weight excluding hydrogens is 226 g/mol. The molecule has 0 saturated carbocycles. The molecule has 2 unspecified atom stereocenters. The van der Waals surface area contributed by atoms with Gasteiger partial charge in [-0.25, -0.2) is 4.98 Å². The summed E-state index contributed by atoms with van der Waals surface area (Å²) in [5.41, 5.74) is 0.668. The SMILES string of the molecule is CNc1ncccc1C(=O)N1CCC(C)C(C)C1. The van der Waals surface area contributed by atoms with Crippen LogP contribution in [0.15, 0.2) is 18.3 Å². The quantitative estimate of drug-likeness (QED) is 0.871. The van der Waals surface area contributed by atoms with Gasteiger partial charge in [0.15, 0.2) is 0 Å². The van der Waals surface area contributed by atoms with Gasteiger partial charge in [0.2, 0.25) is 0 Å². The Hall–Kier alpha value is -1.58. The number of hydrogen-bond acceptors (Lipinski definition) is 3. The largest absolute Gasteiger partial charge is 0.372 e. The average molecular weight is 247 g/mol. The molecule has 2 heterocycles. The lowest BCUT2D eigenvalue weighted by atomic mass is 9.88. The van der Waals surface area contributed by atoms with Crippen LogP contribution in [-0.4, -0.2) is 35.9 Å². The molecule has 2 atom stereocenters. The molecule has 18 heavy (non-hydrogen) atoms. The molecule has 1 aliphatic rings. The summed E-state index contributed by atoms with van der Waals surface area (Å²) in [7, 11) is 1.79. The molecule has 4 nitrogen and oxygen atoms in total. The zero-order valence-electron chi connectivity index (χ0n) is 11.3. The Kier molecular flexibility index (Phi) is 3.84. The smallest absolute Gasteiger partial charge is 0.257 e. The van der Waals surface area contributed by atoms with E-state index >= 15 is 0 Å². The van der Waals surface area contributed by atoms with Crippen LogP contribution in [0.5, 0.6) is 0 Å². The number of aromatic nitrogens is 1. The van der Waals surface area contributed by atoms with Crippen LogP contribution in [0, 0.1) is 11.8 Å². The first kappa shape index (κ1) is 12.9. The second kappa shape index (κ2) is 5.38. The fourth-order valence-electron chi connectivity index (χ4n) is 2.39. The van der Waals surface area contributed by atoms with Gasteiger partial charge < -0.3 is 10.2 Å². The molecule has 0 aromatic carbocycles. The van der Waals surface area contributed by atoms with E-state index in [0.717, 1.165) is 19.5 Å². The van der Waals surface area contributed by atoms with Crippen LogP contribution in [-0.2, 0) is 0 Å². The fraction of sp³-hybridized carbons (Fsp3) is 0.571. The molecule has 1 fully saturated rings. The van der Waals surface area contributed by atoms with Crippen molar-refractivity contribution in [3.05, 3.63) is 23.9 Å². The van der Waals surface area contributed by atoms with Crippen molar-refractivity contribution in [2.75, 3.05) is 25.5 Å². The van der Waals surface area contributed by atoms with E-state index in [2.05, 4.69) is 24.1 Å². The van der Waals surface area contributed by atoms with Crippen LogP contribution in [0.1, 0.15) is 30.6 Å². The third-order valence-corrected chi connectivity index (χ3v) is 3.90. The summed E-state index contributed by atoms with van der Waals surface area (Å²) in [5, 5.41) is 2.98. The van der Waals surface area contributed by atoms with Crippen LogP contribution in [0.2, 0.25) is 0 Å². The fourth-order valence-corrected chi connectivity index (χ4v) is 2.39.